The molecule has 0 bridgehead atoms. The van der Waals surface area contributed by atoms with Crippen molar-refractivity contribution in [2.75, 3.05) is 7.11 Å². The van der Waals surface area contributed by atoms with E-state index in [1.165, 1.54) is 27.8 Å². The Kier molecular flexibility index (Phi) is 5.86. The van der Waals surface area contributed by atoms with Gasteiger partial charge in [-0.1, -0.05) is 115 Å². The van der Waals surface area contributed by atoms with Crippen molar-refractivity contribution in [2.24, 2.45) is 0 Å². The minimum absolute atomic E-state index is 0.373. The molecule has 6 rings (SSSR count). The zero-order valence-corrected chi connectivity index (χ0v) is 21.0. The van der Waals surface area contributed by atoms with Crippen molar-refractivity contribution in [2.45, 2.75) is 12.3 Å². The van der Waals surface area contributed by atoms with Crippen molar-refractivity contribution in [1.29, 1.82) is 0 Å². The number of methoxy groups -OCH3 is 1. The van der Waals surface area contributed by atoms with E-state index in [0.29, 0.717) is 0 Å². The maximum atomic E-state index is 6.50. The average molecular weight is 481 g/mol. The fourth-order valence-electron chi connectivity index (χ4n) is 5.11. The topological polar surface area (TPSA) is 18.5 Å². The third-order valence-electron chi connectivity index (χ3n) is 7.26. The molecular weight excluding hydrogens is 452 g/mol. The second-order valence-corrected chi connectivity index (χ2v) is 9.56. The van der Waals surface area contributed by atoms with Gasteiger partial charge in [0.05, 0.1) is 7.11 Å². The summed E-state index contributed by atoms with van der Waals surface area (Å²) in [6, 6.07) is 44.5. The second kappa shape index (κ2) is 9.48. The van der Waals surface area contributed by atoms with Crippen molar-refractivity contribution >= 4 is 5.76 Å². The molecule has 5 aromatic carbocycles. The van der Waals surface area contributed by atoms with E-state index in [1.807, 2.05) is 24.3 Å². The van der Waals surface area contributed by atoms with E-state index in [2.05, 4.69) is 116 Å². The van der Waals surface area contributed by atoms with Crippen molar-refractivity contribution in [3.63, 3.8) is 0 Å². The first-order valence-electron chi connectivity index (χ1n) is 12.6. The van der Waals surface area contributed by atoms with Crippen LogP contribution in [0.5, 0.6) is 11.5 Å². The van der Waals surface area contributed by atoms with E-state index in [-0.39, 0.29) is 5.41 Å². The normalized spacial score (nSPS) is 16.3. The van der Waals surface area contributed by atoms with Crippen LogP contribution in [0, 0.1) is 0 Å². The standard InChI is InChI=1S/C35H28O2/c1-35(30-19-17-28(18-20-30)26-11-7-4-8-12-26)24-34(37-33-23-31(36-2)21-22-32(33)35)29-15-13-27(14-16-29)25-9-5-3-6-10-25/h3-24H,1-2H3. The fourth-order valence-corrected chi connectivity index (χ4v) is 5.11. The van der Waals surface area contributed by atoms with Crippen molar-refractivity contribution in [3.8, 4) is 33.8 Å². The number of hydrogen-bond donors (Lipinski definition) is 0. The van der Waals surface area contributed by atoms with E-state index in [0.717, 1.165) is 28.4 Å². The minimum atomic E-state index is -0.373. The number of hydrogen-bond acceptors (Lipinski definition) is 2. The van der Waals surface area contributed by atoms with Gasteiger partial charge in [-0.05, 0) is 46.9 Å². The van der Waals surface area contributed by atoms with Gasteiger partial charge in [-0.15, -0.1) is 0 Å². The Morgan fingerprint density at radius 1 is 0.568 bits per heavy atom. The first kappa shape index (κ1) is 22.9. The highest BCUT2D eigenvalue weighted by molar-refractivity contribution is 5.74. The van der Waals surface area contributed by atoms with Crippen LogP contribution in [0.3, 0.4) is 0 Å². The summed E-state index contributed by atoms with van der Waals surface area (Å²) in [5, 5.41) is 0. The Hall–Kier alpha value is -4.56. The first-order valence-corrected chi connectivity index (χ1v) is 12.6. The molecule has 0 N–H and O–H groups in total. The molecule has 0 fully saturated rings. The average Bonchev–Trinajstić information content (AvgIpc) is 2.98. The smallest absolute Gasteiger partial charge is 0.135 e. The summed E-state index contributed by atoms with van der Waals surface area (Å²) in [6.45, 7) is 2.26. The Morgan fingerprint density at radius 3 is 1.65 bits per heavy atom. The van der Waals surface area contributed by atoms with Crippen LogP contribution < -0.4 is 9.47 Å². The highest BCUT2D eigenvalue weighted by atomic mass is 16.5. The third-order valence-corrected chi connectivity index (χ3v) is 7.26. The van der Waals surface area contributed by atoms with Gasteiger partial charge < -0.3 is 9.47 Å². The van der Waals surface area contributed by atoms with Gasteiger partial charge in [0.2, 0.25) is 0 Å². The van der Waals surface area contributed by atoms with Gasteiger partial charge in [0.15, 0.2) is 0 Å². The summed E-state index contributed by atoms with van der Waals surface area (Å²) in [5.74, 6) is 2.44. The molecule has 1 aliphatic rings. The lowest BCUT2D eigenvalue weighted by atomic mass is 9.73. The lowest BCUT2D eigenvalue weighted by Gasteiger charge is -2.35. The van der Waals surface area contributed by atoms with Gasteiger partial charge in [-0.3, -0.25) is 0 Å². The molecule has 1 aliphatic heterocycles. The molecule has 37 heavy (non-hydrogen) atoms. The molecule has 1 atom stereocenters. The summed E-state index contributed by atoms with van der Waals surface area (Å²) in [6.07, 6.45) is 2.25. The molecule has 0 saturated carbocycles. The van der Waals surface area contributed by atoms with Crippen molar-refractivity contribution in [1.82, 2.24) is 0 Å². The van der Waals surface area contributed by atoms with Gasteiger partial charge in [-0.25, -0.2) is 0 Å². The number of rotatable bonds is 5. The molecular formula is C35H28O2. The first-order chi connectivity index (χ1) is 18.1. The quantitative estimate of drug-likeness (QED) is 0.250. The Morgan fingerprint density at radius 2 is 1.08 bits per heavy atom. The zero-order chi connectivity index (χ0) is 25.2. The van der Waals surface area contributed by atoms with Crippen molar-refractivity contribution in [3.05, 3.63) is 150 Å². The van der Waals surface area contributed by atoms with E-state index < -0.39 is 0 Å². The van der Waals surface area contributed by atoms with Crippen LogP contribution in [0.4, 0.5) is 0 Å². The van der Waals surface area contributed by atoms with E-state index >= 15 is 0 Å². The van der Waals surface area contributed by atoms with Crippen LogP contribution in [-0.2, 0) is 5.41 Å². The number of ether oxygens (including phenoxy) is 2. The van der Waals surface area contributed by atoms with Crippen LogP contribution in [0.15, 0.2) is 133 Å². The number of benzene rings is 5. The Bertz CT molecular complexity index is 1550. The SMILES string of the molecule is COc1ccc2c(c1)OC(c1ccc(-c3ccccc3)cc1)=CC2(C)c1ccc(-c2ccccc2)cc1. The van der Waals surface area contributed by atoms with Crippen LogP contribution in [0.1, 0.15) is 23.6 Å². The van der Waals surface area contributed by atoms with Crippen LogP contribution in [0.2, 0.25) is 0 Å². The summed E-state index contributed by atoms with van der Waals surface area (Å²) in [7, 11) is 1.69. The summed E-state index contributed by atoms with van der Waals surface area (Å²) in [5.41, 5.74) is 7.79. The van der Waals surface area contributed by atoms with Crippen LogP contribution in [0.25, 0.3) is 28.0 Å². The second-order valence-electron chi connectivity index (χ2n) is 9.56. The number of allylic oxidation sites excluding steroid dienone is 1. The summed E-state index contributed by atoms with van der Waals surface area (Å²) in [4.78, 5) is 0. The maximum absolute atomic E-state index is 6.50. The lowest BCUT2D eigenvalue weighted by molar-refractivity contribution is 0.407. The molecule has 1 unspecified atom stereocenters. The maximum Gasteiger partial charge on any atom is 0.135 e. The van der Waals surface area contributed by atoms with E-state index in [4.69, 9.17) is 9.47 Å². The molecule has 0 saturated heterocycles. The number of fused-ring (bicyclic) bond motifs is 1. The van der Waals surface area contributed by atoms with Crippen LogP contribution >= 0.6 is 0 Å². The zero-order valence-electron chi connectivity index (χ0n) is 21.0. The van der Waals surface area contributed by atoms with E-state index in [9.17, 15) is 0 Å². The molecule has 2 heteroatoms. The molecule has 0 aliphatic carbocycles. The van der Waals surface area contributed by atoms with Gasteiger partial charge in [0.1, 0.15) is 17.3 Å². The Labute approximate surface area is 218 Å². The predicted molar refractivity (Wildman–Crippen MR) is 152 cm³/mol. The third kappa shape index (κ3) is 4.32. The monoisotopic (exact) mass is 480 g/mol. The summed E-state index contributed by atoms with van der Waals surface area (Å²) >= 11 is 0. The van der Waals surface area contributed by atoms with E-state index in [1.54, 1.807) is 7.11 Å². The fraction of sp³-hybridized carbons (Fsp3) is 0.0857. The molecule has 5 aromatic rings. The van der Waals surface area contributed by atoms with Crippen LogP contribution in [-0.4, -0.2) is 7.11 Å². The largest absolute Gasteiger partial charge is 0.497 e. The molecule has 0 spiro atoms. The minimum Gasteiger partial charge on any atom is -0.497 e. The van der Waals surface area contributed by atoms with Crippen molar-refractivity contribution < 1.29 is 9.47 Å². The highest BCUT2D eigenvalue weighted by Crippen LogP contribution is 2.47. The molecule has 2 nitrogen and oxygen atoms in total. The molecule has 1 heterocycles. The van der Waals surface area contributed by atoms with Gasteiger partial charge in [0.25, 0.3) is 0 Å². The molecule has 180 valence electrons. The lowest BCUT2D eigenvalue weighted by Crippen LogP contribution is -2.26. The van der Waals surface area contributed by atoms with Gasteiger partial charge in [-0.2, -0.15) is 0 Å². The van der Waals surface area contributed by atoms with Gasteiger partial charge in [0, 0.05) is 22.6 Å². The highest BCUT2D eigenvalue weighted by Gasteiger charge is 2.35. The van der Waals surface area contributed by atoms with Gasteiger partial charge >= 0.3 is 0 Å². The summed E-state index contributed by atoms with van der Waals surface area (Å²) < 4.78 is 12.0. The predicted octanol–water partition coefficient (Wildman–Crippen LogP) is 8.77. The molecule has 0 radical (unpaired) electrons. The molecule has 0 amide bonds. The Balaban J connectivity index is 1.42. The molecule has 0 aromatic heterocycles.